The Bertz CT molecular complexity index is 525. The molecular weight excluding hydrogens is 270 g/mol. The van der Waals surface area contributed by atoms with Gasteiger partial charge in [-0.3, -0.25) is 9.59 Å². The smallest absolute Gasteiger partial charge is 0.325 e. The topological polar surface area (TPSA) is 75.6 Å². The Balaban J connectivity index is 2.70. The first-order chi connectivity index (χ1) is 9.72. The lowest BCUT2D eigenvalue weighted by molar-refractivity contribution is -0.142. The molecule has 1 aromatic rings. The number of aliphatic carboxylic acids is 1. The summed E-state index contributed by atoms with van der Waals surface area (Å²) < 4.78 is 5.57. The molecule has 0 aliphatic carbocycles. The van der Waals surface area contributed by atoms with Gasteiger partial charge in [0.15, 0.2) is 6.10 Å². The zero-order chi connectivity index (χ0) is 16.2. The van der Waals surface area contributed by atoms with Crippen LogP contribution in [-0.4, -0.2) is 29.1 Å². The van der Waals surface area contributed by atoms with Crippen LogP contribution in [0.5, 0.6) is 5.75 Å². The van der Waals surface area contributed by atoms with Crippen LogP contribution in [-0.2, 0) is 9.59 Å². The van der Waals surface area contributed by atoms with Crippen molar-refractivity contribution < 1.29 is 19.4 Å². The van der Waals surface area contributed by atoms with Crippen molar-refractivity contribution in [2.75, 3.05) is 0 Å². The van der Waals surface area contributed by atoms with Crippen LogP contribution >= 0.6 is 0 Å². The molecule has 116 valence electrons. The molecule has 0 heterocycles. The van der Waals surface area contributed by atoms with Crippen molar-refractivity contribution >= 4 is 11.9 Å². The largest absolute Gasteiger partial charge is 0.481 e. The number of carbonyl (C=O) groups is 2. The van der Waals surface area contributed by atoms with Gasteiger partial charge in [0, 0.05) is 0 Å². The molecule has 21 heavy (non-hydrogen) atoms. The van der Waals surface area contributed by atoms with Gasteiger partial charge in [0.2, 0.25) is 0 Å². The fourth-order valence-electron chi connectivity index (χ4n) is 2.02. The van der Waals surface area contributed by atoms with Crippen LogP contribution in [0.4, 0.5) is 0 Å². The number of rotatable bonds is 6. The number of nitrogens with one attached hydrogen (secondary N) is 1. The van der Waals surface area contributed by atoms with Crippen LogP contribution in [0, 0.1) is 6.92 Å². The van der Waals surface area contributed by atoms with Crippen molar-refractivity contribution in [2.24, 2.45) is 0 Å². The van der Waals surface area contributed by atoms with E-state index in [4.69, 9.17) is 9.84 Å². The Kier molecular flexibility index (Phi) is 5.76. The summed E-state index contributed by atoms with van der Waals surface area (Å²) in [7, 11) is 0. The van der Waals surface area contributed by atoms with E-state index in [-0.39, 0.29) is 0 Å². The van der Waals surface area contributed by atoms with Gasteiger partial charge in [-0.05, 0) is 49.9 Å². The molecule has 5 nitrogen and oxygen atoms in total. The number of ether oxygens (including phenoxy) is 1. The van der Waals surface area contributed by atoms with E-state index in [0.717, 1.165) is 5.56 Å². The number of carbonyl (C=O) groups excluding carboxylic acids is 1. The van der Waals surface area contributed by atoms with E-state index in [0.29, 0.717) is 11.7 Å². The van der Waals surface area contributed by atoms with Crippen molar-refractivity contribution in [1.29, 1.82) is 0 Å². The summed E-state index contributed by atoms with van der Waals surface area (Å²) in [6.45, 7) is 9.24. The highest BCUT2D eigenvalue weighted by molar-refractivity contribution is 5.86. The third-order valence-electron chi connectivity index (χ3n) is 3.27. The summed E-state index contributed by atoms with van der Waals surface area (Å²) in [5.41, 5.74) is 2.34. The third kappa shape index (κ3) is 4.77. The van der Waals surface area contributed by atoms with Crippen LogP contribution in [0.25, 0.3) is 0 Å². The predicted octanol–water partition coefficient (Wildman–Crippen LogP) is 2.48. The molecule has 5 heteroatoms. The Morgan fingerprint density at radius 3 is 2.29 bits per heavy atom. The number of carboxylic acid groups (broad SMARTS) is 1. The van der Waals surface area contributed by atoms with Crippen LogP contribution in [0.15, 0.2) is 18.2 Å². The zero-order valence-corrected chi connectivity index (χ0v) is 13.1. The Morgan fingerprint density at radius 1 is 1.19 bits per heavy atom. The maximum absolute atomic E-state index is 11.8. The van der Waals surface area contributed by atoms with Crippen molar-refractivity contribution in [3.8, 4) is 5.75 Å². The molecule has 0 aromatic heterocycles. The second-order valence-corrected chi connectivity index (χ2v) is 5.50. The molecule has 2 unspecified atom stereocenters. The first-order valence-electron chi connectivity index (χ1n) is 7.02. The molecule has 1 amide bonds. The number of amides is 1. The molecule has 0 saturated heterocycles. The minimum absolute atomic E-state index is 0.427. The summed E-state index contributed by atoms with van der Waals surface area (Å²) in [6.07, 6.45) is -0.754. The molecule has 0 spiro atoms. The fraction of sp³-hybridized carbons (Fsp3) is 0.500. The number of hydrogen-bond donors (Lipinski definition) is 2. The highest BCUT2D eigenvalue weighted by Crippen LogP contribution is 2.24. The molecule has 0 bridgehead atoms. The van der Waals surface area contributed by atoms with Gasteiger partial charge in [-0.15, -0.1) is 0 Å². The minimum atomic E-state index is -1.08. The summed E-state index contributed by atoms with van der Waals surface area (Å²) in [4.78, 5) is 22.5. The lowest BCUT2D eigenvalue weighted by Gasteiger charge is -2.18. The first kappa shape index (κ1) is 17.0. The van der Waals surface area contributed by atoms with E-state index in [1.54, 1.807) is 6.92 Å². The van der Waals surface area contributed by atoms with E-state index in [9.17, 15) is 9.59 Å². The van der Waals surface area contributed by atoms with Gasteiger partial charge in [-0.25, -0.2) is 0 Å². The molecule has 1 rings (SSSR count). The molecule has 2 N–H and O–H groups in total. The van der Waals surface area contributed by atoms with Crippen LogP contribution < -0.4 is 10.1 Å². The number of aryl methyl sites for hydroxylation is 1. The number of carboxylic acids is 1. The van der Waals surface area contributed by atoms with Gasteiger partial charge in [0.25, 0.3) is 5.91 Å². The predicted molar refractivity (Wildman–Crippen MR) is 80.6 cm³/mol. The fourth-order valence-corrected chi connectivity index (χ4v) is 2.02. The average molecular weight is 293 g/mol. The maximum atomic E-state index is 11.8. The standard InChI is InChI=1S/C16H23NO4/c1-9(2)14-7-6-13(8-10(14)3)21-12(5)15(18)17-11(4)16(19)20/h6-9,11-12H,1-5H3,(H,17,18)(H,19,20). The second-order valence-electron chi connectivity index (χ2n) is 5.50. The maximum Gasteiger partial charge on any atom is 0.325 e. The van der Waals surface area contributed by atoms with Crippen molar-refractivity contribution in [2.45, 2.75) is 52.7 Å². The molecule has 0 saturated carbocycles. The van der Waals surface area contributed by atoms with Crippen molar-refractivity contribution in [3.63, 3.8) is 0 Å². The summed E-state index contributed by atoms with van der Waals surface area (Å²) >= 11 is 0. The highest BCUT2D eigenvalue weighted by Gasteiger charge is 2.20. The van der Waals surface area contributed by atoms with Gasteiger partial charge in [0.1, 0.15) is 11.8 Å². The van der Waals surface area contributed by atoms with Gasteiger partial charge >= 0.3 is 5.97 Å². The molecule has 0 radical (unpaired) electrons. The molecule has 2 atom stereocenters. The van der Waals surface area contributed by atoms with Crippen LogP contribution in [0.3, 0.4) is 0 Å². The molecule has 0 aliphatic rings. The van der Waals surface area contributed by atoms with Gasteiger partial charge < -0.3 is 15.2 Å². The Hall–Kier alpha value is -2.04. The van der Waals surface area contributed by atoms with E-state index < -0.39 is 24.0 Å². The summed E-state index contributed by atoms with van der Waals surface area (Å²) in [5, 5.41) is 11.1. The molecular formula is C16H23NO4. The lowest BCUT2D eigenvalue weighted by Crippen LogP contribution is -2.44. The Labute approximate surface area is 125 Å². The van der Waals surface area contributed by atoms with Gasteiger partial charge in [0.05, 0.1) is 0 Å². The van der Waals surface area contributed by atoms with Gasteiger partial charge in [-0.1, -0.05) is 19.9 Å². The average Bonchev–Trinajstić information content (AvgIpc) is 2.37. The molecule has 1 aromatic carbocycles. The normalized spacial score (nSPS) is 13.6. The SMILES string of the molecule is Cc1cc(OC(C)C(=O)NC(C)C(=O)O)ccc1C(C)C. The van der Waals surface area contributed by atoms with Crippen molar-refractivity contribution in [3.05, 3.63) is 29.3 Å². The molecule has 0 aliphatic heterocycles. The quantitative estimate of drug-likeness (QED) is 0.845. The zero-order valence-electron chi connectivity index (χ0n) is 13.1. The molecule has 0 fully saturated rings. The second kappa shape index (κ2) is 7.11. The minimum Gasteiger partial charge on any atom is -0.481 e. The van der Waals surface area contributed by atoms with E-state index >= 15 is 0 Å². The lowest BCUT2D eigenvalue weighted by atomic mass is 9.98. The van der Waals surface area contributed by atoms with Crippen LogP contribution in [0.2, 0.25) is 0 Å². The highest BCUT2D eigenvalue weighted by atomic mass is 16.5. The van der Waals surface area contributed by atoms with E-state index in [2.05, 4.69) is 19.2 Å². The summed E-state index contributed by atoms with van der Waals surface area (Å²) in [5.74, 6) is -0.498. The summed E-state index contributed by atoms with van der Waals surface area (Å²) in [6, 6.07) is 4.76. The van der Waals surface area contributed by atoms with E-state index in [1.807, 2.05) is 25.1 Å². The van der Waals surface area contributed by atoms with Crippen molar-refractivity contribution in [1.82, 2.24) is 5.32 Å². The number of hydrogen-bond acceptors (Lipinski definition) is 3. The monoisotopic (exact) mass is 293 g/mol. The Morgan fingerprint density at radius 2 is 1.81 bits per heavy atom. The van der Waals surface area contributed by atoms with E-state index in [1.165, 1.54) is 12.5 Å². The van der Waals surface area contributed by atoms with Crippen LogP contribution in [0.1, 0.15) is 44.7 Å². The third-order valence-corrected chi connectivity index (χ3v) is 3.27. The van der Waals surface area contributed by atoms with Gasteiger partial charge in [-0.2, -0.15) is 0 Å². The number of benzene rings is 1. The first-order valence-corrected chi connectivity index (χ1v) is 7.02.